The van der Waals surface area contributed by atoms with Crippen molar-refractivity contribution in [3.05, 3.63) is 0 Å². The Hall–Kier alpha value is -0.650. The van der Waals surface area contributed by atoms with Gasteiger partial charge in [-0.15, -0.1) is 0 Å². The fourth-order valence-electron chi connectivity index (χ4n) is 3.41. The van der Waals surface area contributed by atoms with Crippen LogP contribution in [0.2, 0.25) is 0 Å². The van der Waals surface area contributed by atoms with Crippen molar-refractivity contribution in [2.45, 2.75) is 51.6 Å². The zero-order valence-electron chi connectivity index (χ0n) is 13.7. The molecular formula is C16H32N4O. The lowest BCUT2D eigenvalue weighted by Crippen LogP contribution is -2.55. The van der Waals surface area contributed by atoms with Crippen molar-refractivity contribution in [2.75, 3.05) is 39.3 Å². The molecule has 122 valence electrons. The topological polar surface area (TPSA) is 61.6 Å². The lowest BCUT2D eigenvalue weighted by atomic mass is 10.1. The van der Waals surface area contributed by atoms with Gasteiger partial charge in [0.05, 0.1) is 6.04 Å². The SMILES string of the molecule is CC(CN)CN1CCN(C(C)C(=O)NC2CCCC2)CC1. The Morgan fingerprint density at radius 2 is 1.81 bits per heavy atom. The second-order valence-corrected chi connectivity index (χ2v) is 6.84. The van der Waals surface area contributed by atoms with Crippen LogP contribution in [0.5, 0.6) is 0 Å². The fraction of sp³-hybridized carbons (Fsp3) is 0.938. The van der Waals surface area contributed by atoms with Gasteiger partial charge >= 0.3 is 0 Å². The maximum atomic E-state index is 12.3. The monoisotopic (exact) mass is 296 g/mol. The van der Waals surface area contributed by atoms with Gasteiger partial charge in [-0.3, -0.25) is 9.69 Å². The molecule has 5 nitrogen and oxygen atoms in total. The van der Waals surface area contributed by atoms with Gasteiger partial charge in [0, 0.05) is 38.8 Å². The van der Waals surface area contributed by atoms with Crippen molar-refractivity contribution < 1.29 is 4.79 Å². The summed E-state index contributed by atoms with van der Waals surface area (Å²) < 4.78 is 0. The normalized spacial score (nSPS) is 24.9. The molecular weight excluding hydrogens is 264 g/mol. The third-order valence-corrected chi connectivity index (χ3v) is 5.01. The zero-order valence-corrected chi connectivity index (χ0v) is 13.7. The van der Waals surface area contributed by atoms with Crippen LogP contribution in [0.3, 0.4) is 0 Å². The first-order valence-corrected chi connectivity index (χ1v) is 8.57. The zero-order chi connectivity index (χ0) is 15.2. The second-order valence-electron chi connectivity index (χ2n) is 6.84. The predicted molar refractivity (Wildman–Crippen MR) is 86.1 cm³/mol. The van der Waals surface area contributed by atoms with Crippen LogP contribution in [0.4, 0.5) is 0 Å². The molecule has 1 saturated heterocycles. The van der Waals surface area contributed by atoms with Crippen LogP contribution in [0.25, 0.3) is 0 Å². The molecule has 2 atom stereocenters. The minimum Gasteiger partial charge on any atom is -0.352 e. The van der Waals surface area contributed by atoms with Gasteiger partial charge in [0.25, 0.3) is 0 Å². The summed E-state index contributed by atoms with van der Waals surface area (Å²) in [6.45, 7) is 10.1. The molecule has 2 unspecified atom stereocenters. The van der Waals surface area contributed by atoms with Gasteiger partial charge in [-0.05, 0) is 32.2 Å². The van der Waals surface area contributed by atoms with E-state index in [-0.39, 0.29) is 11.9 Å². The average molecular weight is 296 g/mol. The van der Waals surface area contributed by atoms with Crippen molar-refractivity contribution >= 4 is 5.91 Å². The minimum absolute atomic E-state index is 0.000294. The highest BCUT2D eigenvalue weighted by Crippen LogP contribution is 2.18. The van der Waals surface area contributed by atoms with Gasteiger partial charge in [0.15, 0.2) is 0 Å². The lowest BCUT2D eigenvalue weighted by Gasteiger charge is -2.38. The molecule has 1 heterocycles. The maximum absolute atomic E-state index is 12.3. The molecule has 2 aliphatic rings. The molecule has 1 aliphatic heterocycles. The number of nitrogens with one attached hydrogen (secondary N) is 1. The Kier molecular flexibility index (Phi) is 6.45. The van der Waals surface area contributed by atoms with Crippen LogP contribution >= 0.6 is 0 Å². The summed E-state index contributed by atoms with van der Waals surface area (Å²) >= 11 is 0. The van der Waals surface area contributed by atoms with Gasteiger partial charge in [-0.25, -0.2) is 0 Å². The minimum atomic E-state index is -0.000294. The highest BCUT2D eigenvalue weighted by molar-refractivity contribution is 5.81. The molecule has 5 heteroatoms. The van der Waals surface area contributed by atoms with E-state index in [4.69, 9.17) is 5.73 Å². The number of piperazine rings is 1. The summed E-state index contributed by atoms with van der Waals surface area (Å²) in [7, 11) is 0. The molecule has 1 aliphatic carbocycles. The molecule has 0 bridgehead atoms. The summed E-state index contributed by atoms with van der Waals surface area (Å²) in [5.74, 6) is 0.769. The molecule has 0 aromatic rings. The molecule has 0 aromatic heterocycles. The Bertz CT molecular complexity index is 322. The highest BCUT2D eigenvalue weighted by atomic mass is 16.2. The van der Waals surface area contributed by atoms with E-state index in [1.807, 2.05) is 6.92 Å². The Morgan fingerprint density at radius 1 is 1.19 bits per heavy atom. The van der Waals surface area contributed by atoms with E-state index < -0.39 is 0 Å². The van der Waals surface area contributed by atoms with Crippen molar-refractivity contribution in [1.82, 2.24) is 15.1 Å². The van der Waals surface area contributed by atoms with Crippen LogP contribution in [-0.2, 0) is 4.79 Å². The summed E-state index contributed by atoms with van der Waals surface area (Å²) in [5, 5.41) is 3.22. The molecule has 2 fully saturated rings. The van der Waals surface area contributed by atoms with Crippen LogP contribution in [-0.4, -0.2) is 67.1 Å². The number of carbonyl (C=O) groups excluding carboxylic acids is 1. The van der Waals surface area contributed by atoms with Crippen molar-refractivity contribution in [3.63, 3.8) is 0 Å². The van der Waals surface area contributed by atoms with Crippen LogP contribution in [0, 0.1) is 5.92 Å². The molecule has 1 saturated carbocycles. The standard InChI is InChI=1S/C16H32N4O/c1-13(11-17)12-19-7-9-20(10-8-19)14(2)16(21)18-15-5-3-4-6-15/h13-15H,3-12,17H2,1-2H3,(H,18,21). The number of hydrogen-bond donors (Lipinski definition) is 2. The van der Waals surface area contributed by atoms with Crippen LogP contribution < -0.4 is 11.1 Å². The predicted octanol–water partition coefficient (Wildman–Crippen LogP) is 0.646. The van der Waals surface area contributed by atoms with E-state index >= 15 is 0 Å². The largest absolute Gasteiger partial charge is 0.352 e. The number of nitrogens with two attached hydrogens (primary N) is 1. The molecule has 21 heavy (non-hydrogen) atoms. The summed E-state index contributed by atoms with van der Waals surface area (Å²) in [5.41, 5.74) is 5.69. The molecule has 3 N–H and O–H groups in total. The van der Waals surface area contributed by atoms with Gasteiger partial charge in [-0.1, -0.05) is 19.8 Å². The summed E-state index contributed by atoms with van der Waals surface area (Å²) in [6, 6.07) is 0.423. The number of amides is 1. The first kappa shape index (κ1) is 16.7. The second kappa shape index (κ2) is 8.11. The van der Waals surface area contributed by atoms with E-state index in [1.165, 1.54) is 12.8 Å². The van der Waals surface area contributed by atoms with E-state index in [1.54, 1.807) is 0 Å². The van der Waals surface area contributed by atoms with Gasteiger partial charge in [-0.2, -0.15) is 0 Å². The Balaban J connectivity index is 1.71. The van der Waals surface area contributed by atoms with E-state index in [0.29, 0.717) is 12.0 Å². The smallest absolute Gasteiger partial charge is 0.237 e. The first-order valence-electron chi connectivity index (χ1n) is 8.57. The quantitative estimate of drug-likeness (QED) is 0.755. The molecule has 0 spiro atoms. The summed E-state index contributed by atoms with van der Waals surface area (Å²) in [6.07, 6.45) is 4.83. The number of hydrogen-bond acceptors (Lipinski definition) is 4. The van der Waals surface area contributed by atoms with Gasteiger partial charge < -0.3 is 16.0 Å². The molecule has 1 amide bonds. The summed E-state index contributed by atoms with van der Waals surface area (Å²) in [4.78, 5) is 17.1. The highest BCUT2D eigenvalue weighted by Gasteiger charge is 2.27. The van der Waals surface area contributed by atoms with Crippen molar-refractivity contribution in [3.8, 4) is 0 Å². The Labute approximate surface area is 129 Å². The van der Waals surface area contributed by atoms with Gasteiger partial charge in [0.2, 0.25) is 5.91 Å². The maximum Gasteiger partial charge on any atom is 0.237 e. The Morgan fingerprint density at radius 3 is 2.38 bits per heavy atom. The van der Waals surface area contributed by atoms with Crippen molar-refractivity contribution in [2.24, 2.45) is 11.7 Å². The first-order chi connectivity index (χ1) is 10.1. The van der Waals surface area contributed by atoms with Crippen LogP contribution in [0.1, 0.15) is 39.5 Å². The van der Waals surface area contributed by atoms with E-state index in [9.17, 15) is 4.79 Å². The number of carbonyl (C=O) groups is 1. The lowest BCUT2D eigenvalue weighted by molar-refractivity contribution is -0.127. The molecule has 0 radical (unpaired) electrons. The third-order valence-electron chi connectivity index (χ3n) is 5.01. The van der Waals surface area contributed by atoms with Crippen molar-refractivity contribution in [1.29, 1.82) is 0 Å². The van der Waals surface area contributed by atoms with Crippen LogP contribution in [0.15, 0.2) is 0 Å². The van der Waals surface area contributed by atoms with E-state index in [2.05, 4.69) is 22.0 Å². The third kappa shape index (κ3) is 4.94. The fourth-order valence-corrected chi connectivity index (χ4v) is 3.41. The van der Waals surface area contributed by atoms with Gasteiger partial charge in [0.1, 0.15) is 0 Å². The van der Waals surface area contributed by atoms with E-state index in [0.717, 1.165) is 52.1 Å². The number of nitrogens with zero attached hydrogens (tertiary/aromatic N) is 2. The average Bonchev–Trinajstić information content (AvgIpc) is 3.00. The molecule has 0 aromatic carbocycles. The number of rotatable bonds is 6. The molecule has 2 rings (SSSR count).